The van der Waals surface area contributed by atoms with Gasteiger partial charge in [0, 0.05) is 37.8 Å². The predicted molar refractivity (Wildman–Crippen MR) is 280 cm³/mol. The molecular formula is C60H79N5O5. The first-order valence-corrected chi connectivity index (χ1v) is 26.7. The Morgan fingerprint density at radius 1 is 0.957 bits per heavy atom. The molecule has 3 aromatic rings. The van der Waals surface area contributed by atoms with Crippen LogP contribution in [0.2, 0.25) is 0 Å². The quantitative estimate of drug-likeness (QED) is 0.0334. The number of phenols is 1. The second-order valence-corrected chi connectivity index (χ2v) is 22.1. The van der Waals surface area contributed by atoms with E-state index in [-0.39, 0.29) is 47.3 Å². The second-order valence-electron chi connectivity index (χ2n) is 22.1. The molecule has 10 nitrogen and oxygen atoms in total. The van der Waals surface area contributed by atoms with Crippen LogP contribution in [0.1, 0.15) is 105 Å². The molecular weight excluding hydrogens is 871 g/mol. The van der Waals surface area contributed by atoms with Crippen LogP contribution in [-0.4, -0.2) is 79.4 Å². The van der Waals surface area contributed by atoms with Crippen LogP contribution in [0.4, 0.5) is 0 Å². The van der Waals surface area contributed by atoms with Gasteiger partial charge in [0.15, 0.2) is 17.3 Å². The molecule has 11 unspecified atom stereocenters. The van der Waals surface area contributed by atoms with E-state index < -0.39 is 0 Å². The minimum Gasteiger partial charge on any atom is -0.504 e. The lowest BCUT2D eigenvalue weighted by Crippen LogP contribution is -2.57. The van der Waals surface area contributed by atoms with Crippen LogP contribution in [0.3, 0.4) is 0 Å². The number of nitrogens with two attached hydrogens (primary N) is 1. The van der Waals surface area contributed by atoms with Gasteiger partial charge in [-0.3, -0.25) is 9.59 Å². The first kappa shape index (κ1) is 50.1. The first-order chi connectivity index (χ1) is 34.0. The number of Topliss-reactive ketones (excluding diaryl/α,β-unsaturated/α-hetero) is 1. The number of allylic oxidation sites excluding steroid dienone is 3. The molecule has 3 aliphatic carbocycles. The lowest BCUT2D eigenvalue weighted by Gasteiger charge is -2.54. The lowest BCUT2D eigenvalue weighted by atomic mass is 9.54. The average Bonchev–Trinajstić information content (AvgIpc) is 3.72. The number of aliphatic hydroxyl groups excluding tert-OH is 1. The number of methoxy groups -OCH3 is 1. The topological polar surface area (TPSA) is 158 Å². The van der Waals surface area contributed by atoms with Crippen molar-refractivity contribution in [1.29, 1.82) is 0 Å². The zero-order chi connectivity index (χ0) is 48.6. The fourth-order valence-corrected chi connectivity index (χ4v) is 14.0. The third-order valence-electron chi connectivity index (χ3n) is 17.2. The number of fused-ring (bicyclic) bond motifs is 3. The van der Waals surface area contributed by atoms with E-state index in [0.717, 1.165) is 99.7 Å². The highest BCUT2D eigenvalue weighted by atomic mass is 16.5. The smallest absolute Gasteiger partial charge is 0.163 e. The van der Waals surface area contributed by atoms with Crippen LogP contribution in [0.15, 0.2) is 108 Å². The number of carbonyl (C=O) groups excluding carboxylic acids is 2. The van der Waals surface area contributed by atoms with E-state index in [0.29, 0.717) is 66.8 Å². The Hall–Kier alpha value is -4.84. The van der Waals surface area contributed by atoms with E-state index >= 15 is 0 Å². The number of piperidine rings is 1. The van der Waals surface area contributed by atoms with Crippen molar-refractivity contribution in [3.05, 3.63) is 136 Å². The number of benzene rings is 3. The van der Waals surface area contributed by atoms with Gasteiger partial charge in [0.05, 0.1) is 25.8 Å². The molecule has 10 heteroatoms. The molecule has 8 N–H and O–H groups in total. The fourth-order valence-electron chi connectivity index (χ4n) is 14.0. The summed E-state index contributed by atoms with van der Waals surface area (Å²) in [5.41, 5.74) is 14.3. The van der Waals surface area contributed by atoms with Gasteiger partial charge in [-0.1, -0.05) is 72.8 Å². The molecule has 3 aromatic carbocycles. The van der Waals surface area contributed by atoms with E-state index in [9.17, 15) is 19.8 Å². The number of aryl methyl sites for hydroxylation is 3. The van der Waals surface area contributed by atoms with Crippen molar-refractivity contribution in [2.24, 2.45) is 46.7 Å². The molecule has 70 heavy (non-hydrogen) atoms. The number of phenolic OH excluding ortho intramolecular Hbond substituents is 1. The Labute approximate surface area is 417 Å². The zero-order valence-corrected chi connectivity index (χ0v) is 41.7. The van der Waals surface area contributed by atoms with Crippen molar-refractivity contribution in [3.8, 4) is 11.5 Å². The molecule has 9 rings (SSSR count). The van der Waals surface area contributed by atoms with E-state index in [1.54, 1.807) is 18.2 Å². The highest BCUT2D eigenvalue weighted by Crippen LogP contribution is 2.60. The molecule has 4 fully saturated rings. The Bertz CT molecular complexity index is 2410. The van der Waals surface area contributed by atoms with E-state index in [4.69, 9.17) is 10.5 Å². The Kier molecular flexibility index (Phi) is 16.6. The summed E-state index contributed by atoms with van der Waals surface area (Å²) in [5, 5.41) is 35.9. The molecule has 3 heterocycles. The summed E-state index contributed by atoms with van der Waals surface area (Å²) in [4.78, 5) is 27.6. The van der Waals surface area contributed by atoms with Crippen molar-refractivity contribution >= 4 is 17.6 Å². The molecule has 374 valence electrons. The number of dihydropyridines is 1. The summed E-state index contributed by atoms with van der Waals surface area (Å²) in [6.45, 7) is 5.62. The Morgan fingerprint density at radius 3 is 2.57 bits per heavy atom. The maximum atomic E-state index is 13.9. The normalized spacial score (nSPS) is 29.8. The first-order valence-electron chi connectivity index (χ1n) is 26.7. The summed E-state index contributed by atoms with van der Waals surface area (Å²) in [5.74, 6) is 3.58. The van der Waals surface area contributed by atoms with Crippen LogP contribution in [0.5, 0.6) is 11.5 Å². The molecule has 1 saturated heterocycles. The molecule has 0 aromatic heterocycles. The van der Waals surface area contributed by atoms with E-state index in [2.05, 4.69) is 94.1 Å². The van der Waals surface area contributed by atoms with Crippen LogP contribution in [0.25, 0.3) is 6.08 Å². The highest BCUT2D eigenvalue weighted by Gasteiger charge is 2.55. The van der Waals surface area contributed by atoms with Crippen molar-refractivity contribution in [1.82, 2.24) is 21.3 Å². The maximum absolute atomic E-state index is 13.9. The minimum absolute atomic E-state index is 0.0139. The summed E-state index contributed by atoms with van der Waals surface area (Å²) < 4.78 is 5.53. The molecule has 3 aliphatic heterocycles. The number of ether oxygens (including phenoxy) is 1. The Morgan fingerprint density at radius 2 is 1.76 bits per heavy atom. The maximum Gasteiger partial charge on any atom is 0.163 e. The summed E-state index contributed by atoms with van der Waals surface area (Å²) >= 11 is 0. The number of hydrogen-bond donors (Lipinski definition) is 7. The minimum atomic E-state index is -0.387. The summed E-state index contributed by atoms with van der Waals surface area (Å²) in [6.07, 6.45) is 25.0. The molecule has 0 amide bonds. The molecule has 0 spiro atoms. The third-order valence-corrected chi connectivity index (χ3v) is 17.2. The predicted octanol–water partition coefficient (Wildman–Crippen LogP) is 8.31. The van der Waals surface area contributed by atoms with Crippen molar-refractivity contribution in [2.75, 3.05) is 33.3 Å². The summed E-state index contributed by atoms with van der Waals surface area (Å²) in [6, 6.07) is 23.8. The molecule has 11 atom stereocenters. The standard InChI is InChI=1S/C60H79N5O5/c1-39(66)36-64-51-31-50-19-16-43(33-60(50,34-51)35-55-54-21-23-62-37-49(54)26-46-12-7-22-63-59(46)55)25-53(68)32-52(67)20-18-44-29-57(70-2)56(69)28-47(44)27-48-38-65-58(61)30-45(48)17-15-42-11-6-10-41(24-42)14-13-40-8-4-3-5-9-40/h3-12,18,20,24,28-30,38-39,43,46,49-51,54-55,58-59,62-66,69H,13-17,19,21-23,25-27,31-37,61H2,1-2H3. The van der Waals surface area contributed by atoms with Gasteiger partial charge in [0.1, 0.15) is 5.78 Å². The van der Waals surface area contributed by atoms with Crippen LogP contribution >= 0.6 is 0 Å². The van der Waals surface area contributed by atoms with Crippen molar-refractivity contribution in [3.63, 3.8) is 0 Å². The van der Waals surface area contributed by atoms with Crippen molar-refractivity contribution in [2.45, 2.75) is 128 Å². The van der Waals surface area contributed by atoms with Gasteiger partial charge in [-0.2, -0.15) is 0 Å². The molecule has 3 saturated carbocycles. The molecule has 0 bridgehead atoms. The zero-order valence-electron chi connectivity index (χ0n) is 41.7. The van der Waals surface area contributed by atoms with Gasteiger partial charge in [0.2, 0.25) is 0 Å². The molecule has 0 radical (unpaired) electrons. The van der Waals surface area contributed by atoms with Gasteiger partial charge in [-0.05, 0) is 208 Å². The number of ketones is 2. The van der Waals surface area contributed by atoms with Gasteiger partial charge >= 0.3 is 0 Å². The summed E-state index contributed by atoms with van der Waals surface area (Å²) in [7, 11) is 1.52. The second kappa shape index (κ2) is 23.1. The van der Waals surface area contributed by atoms with Gasteiger partial charge in [-0.25, -0.2) is 0 Å². The number of carbonyl (C=O) groups is 2. The number of nitrogens with one attached hydrogen (secondary N) is 4. The van der Waals surface area contributed by atoms with Gasteiger partial charge < -0.3 is 42.0 Å². The monoisotopic (exact) mass is 950 g/mol. The van der Waals surface area contributed by atoms with Crippen LogP contribution in [-0.2, 0) is 35.3 Å². The highest BCUT2D eigenvalue weighted by molar-refractivity contribution is 6.06. The van der Waals surface area contributed by atoms with E-state index in [1.165, 1.54) is 49.1 Å². The van der Waals surface area contributed by atoms with E-state index in [1.807, 2.05) is 13.1 Å². The number of rotatable bonds is 20. The number of aliphatic hydroxyl groups is 1. The average molecular weight is 950 g/mol. The lowest BCUT2D eigenvalue weighted by molar-refractivity contribution is -0.126. The molecule has 6 aliphatic rings. The fraction of sp³-hybridized carbons (Fsp3) is 0.533. The van der Waals surface area contributed by atoms with Crippen LogP contribution < -0.4 is 31.7 Å². The SMILES string of the molecule is COc1cc(C=CC(=O)CC(=O)CC2CCC3CC(NCC(C)O)CC3(CC3C4CCNCC4CC4C=CCNC43)C2)c(CC2=CNC(N)C=C2CCc2cccc(CCc3ccccc3)c2)cc1O. The number of hydrogen-bond acceptors (Lipinski definition) is 10. The van der Waals surface area contributed by atoms with Gasteiger partial charge in [0.25, 0.3) is 0 Å². The Balaban J connectivity index is 0.848. The largest absolute Gasteiger partial charge is 0.504 e. The van der Waals surface area contributed by atoms with Crippen molar-refractivity contribution < 1.29 is 24.5 Å². The van der Waals surface area contributed by atoms with Crippen LogP contribution in [0, 0.1) is 40.9 Å². The number of aromatic hydroxyl groups is 1. The van der Waals surface area contributed by atoms with Gasteiger partial charge in [-0.15, -0.1) is 0 Å². The third kappa shape index (κ3) is 12.4.